The Hall–Kier alpha value is -2.65. The highest BCUT2D eigenvalue weighted by molar-refractivity contribution is 7.98. The molecule has 1 saturated heterocycles. The summed E-state index contributed by atoms with van der Waals surface area (Å²) in [7, 11) is 1.84. The van der Waals surface area contributed by atoms with Gasteiger partial charge in [-0.05, 0) is 42.9 Å². The summed E-state index contributed by atoms with van der Waals surface area (Å²) < 4.78 is 22.6. The topological polar surface area (TPSA) is 68.1 Å². The van der Waals surface area contributed by atoms with Crippen LogP contribution in [0.1, 0.15) is 18.4 Å². The molecule has 32 heavy (non-hydrogen) atoms. The molecule has 9 heteroatoms. The number of hydrogen-bond acceptors (Lipinski definition) is 7. The van der Waals surface area contributed by atoms with Crippen LogP contribution in [0.4, 0.5) is 16.0 Å². The van der Waals surface area contributed by atoms with E-state index in [9.17, 15) is 0 Å². The highest BCUT2D eigenvalue weighted by Gasteiger charge is 2.32. The van der Waals surface area contributed by atoms with Crippen LogP contribution in [0.3, 0.4) is 0 Å². The molecule has 4 rings (SSSR count). The Morgan fingerprint density at radius 2 is 2.00 bits per heavy atom. The average Bonchev–Trinajstić information content (AvgIpc) is 3.35. The van der Waals surface area contributed by atoms with E-state index in [1.165, 1.54) is 6.33 Å². The maximum absolute atomic E-state index is 15.3. The number of thioether (sulfide) groups is 1. The highest BCUT2D eigenvalue weighted by Crippen LogP contribution is 2.34. The van der Waals surface area contributed by atoms with Gasteiger partial charge in [0.2, 0.25) is 5.82 Å². The second-order valence-electron chi connectivity index (χ2n) is 8.23. The Morgan fingerprint density at radius 3 is 2.69 bits per heavy atom. The first-order valence-corrected chi connectivity index (χ1v) is 12.1. The molecule has 1 aliphatic heterocycles. The number of halogens is 1. The molecular weight excluding hydrogens is 427 g/mol. The fraction of sp³-hybridized carbons (Fsp3) is 0.435. The summed E-state index contributed by atoms with van der Waals surface area (Å²) in [5.74, 6) is 1.12. The van der Waals surface area contributed by atoms with Gasteiger partial charge in [0.05, 0.1) is 5.69 Å². The molecule has 1 aliphatic rings. The third-order valence-electron chi connectivity index (χ3n) is 5.89. The van der Waals surface area contributed by atoms with Gasteiger partial charge in [-0.3, -0.25) is 0 Å². The summed E-state index contributed by atoms with van der Waals surface area (Å²) in [6.45, 7) is 2.70. The van der Waals surface area contributed by atoms with E-state index in [1.54, 1.807) is 15.8 Å². The second-order valence-corrected chi connectivity index (χ2v) is 9.10. The van der Waals surface area contributed by atoms with Crippen molar-refractivity contribution in [1.82, 2.24) is 19.7 Å². The molecule has 0 saturated carbocycles. The van der Waals surface area contributed by atoms with Crippen molar-refractivity contribution in [2.75, 3.05) is 49.0 Å². The van der Waals surface area contributed by atoms with E-state index in [0.717, 1.165) is 43.1 Å². The molecule has 0 aliphatic carbocycles. The fourth-order valence-corrected chi connectivity index (χ4v) is 5.03. The predicted octanol–water partition coefficient (Wildman–Crippen LogP) is 4.01. The van der Waals surface area contributed by atoms with E-state index in [1.807, 2.05) is 55.3 Å². The van der Waals surface area contributed by atoms with E-state index >= 15 is 4.39 Å². The number of anilines is 2. The van der Waals surface area contributed by atoms with Crippen LogP contribution in [0.15, 0.2) is 49.1 Å². The third kappa shape index (κ3) is 5.21. The maximum Gasteiger partial charge on any atom is 0.207 e. The van der Waals surface area contributed by atoms with Crippen molar-refractivity contribution in [2.24, 2.45) is 5.41 Å². The second kappa shape index (κ2) is 10.3. The molecule has 0 spiro atoms. The van der Waals surface area contributed by atoms with Crippen LogP contribution in [0.25, 0.3) is 5.69 Å². The van der Waals surface area contributed by atoms with Gasteiger partial charge in [0.1, 0.15) is 6.33 Å². The molecule has 1 fully saturated rings. The van der Waals surface area contributed by atoms with Gasteiger partial charge < -0.3 is 15.0 Å². The molecule has 170 valence electrons. The van der Waals surface area contributed by atoms with Crippen molar-refractivity contribution in [3.8, 4) is 5.69 Å². The molecule has 0 bridgehead atoms. The summed E-state index contributed by atoms with van der Waals surface area (Å²) >= 11 is 1.82. The van der Waals surface area contributed by atoms with Crippen LogP contribution in [0.5, 0.6) is 0 Å². The van der Waals surface area contributed by atoms with E-state index in [4.69, 9.17) is 4.74 Å². The Kier molecular flexibility index (Phi) is 7.26. The van der Waals surface area contributed by atoms with Gasteiger partial charge in [-0.25, -0.2) is 14.6 Å². The van der Waals surface area contributed by atoms with Crippen molar-refractivity contribution in [1.29, 1.82) is 0 Å². The van der Waals surface area contributed by atoms with Crippen molar-refractivity contribution < 1.29 is 9.13 Å². The van der Waals surface area contributed by atoms with Gasteiger partial charge in [-0.15, -0.1) is 0 Å². The first-order chi connectivity index (χ1) is 15.6. The fourth-order valence-electron chi connectivity index (χ4n) is 4.03. The van der Waals surface area contributed by atoms with Crippen LogP contribution in [0.2, 0.25) is 0 Å². The minimum Gasteiger partial charge on any atom is -0.381 e. The summed E-state index contributed by atoms with van der Waals surface area (Å²) in [6.07, 6.45) is 9.11. The van der Waals surface area contributed by atoms with E-state index in [2.05, 4.69) is 26.6 Å². The Labute approximate surface area is 192 Å². The highest BCUT2D eigenvalue weighted by atomic mass is 32.2. The van der Waals surface area contributed by atoms with Crippen molar-refractivity contribution in [2.45, 2.75) is 19.4 Å². The number of nitrogens with zero attached hydrogens (tertiary/aromatic N) is 5. The monoisotopic (exact) mass is 456 g/mol. The molecule has 2 aromatic heterocycles. The quantitative estimate of drug-likeness (QED) is 0.522. The zero-order valence-electron chi connectivity index (χ0n) is 18.5. The van der Waals surface area contributed by atoms with Gasteiger partial charge in [0, 0.05) is 56.9 Å². The SMILES string of the molecule is CSCC1(CNc2ncnc(N(C)Cc3ccc(-n4cccn4)cc3)c2F)CCOCC1. The number of ether oxygens (including phenoxy) is 1. The van der Waals surface area contributed by atoms with Crippen LogP contribution < -0.4 is 10.2 Å². The standard InChI is InChI=1S/C23H29FN6OS/c1-29(14-18-4-6-19(7-5-18)30-11-3-10-28-30)22-20(24)21(26-17-27-22)25-15-23(16-32-2)8-12-31-13-9-23/h3-7,10-11,17H,8-9,12-16H2,1-2H3,(H,25,26,27). The molecule has 1 aromatic carbocycles. The summed E-state index contributed by atoms with van der Waals surface area (Å²) in [5.41, 5.74) is 2.13. The first-order valence-electron chi connectivity index (χ1n) is 10.7. The number of hydrogen-bond donors (Lipinski definition) is 1. The molecule has 0 atom stereocenters. The smallest absolute Gasteiger partial charge is 0.207 e. The maximum atomic E-state index is 15.3. The van der Waals surface area contributed by atoms with Gasteiger partial charge >= 0.3 is 0 Å². The molecule has 0 radical (unpaired) electrons. The predicted molar refractivity (Wildman–Crippen MR) is 127 cm³/mol. The number of rotatable bonds is 9. The van der Waals surface area contributed by atoms with E-state index in [-0.39, 0.29) is 17.1 Å². The average molecular weight is 457 g/mol. The van der Waals surface area contributed by atoms with Crippen LogP contribution in [-0.4, -0.2) is 58.6 Å². The molecule has 3 aromatic rings. The van der Waals surface area contributed by atoms with Crippen molar-refractivity contribution in [3.05, 3.63) is 60.4 Å². The lowest BCUT2D eigenvalue weighted by Crippen LogP contribution is -2.38. The molecule has 7 nitrogen and oxygen atoms in total. The van der Waals surface area contributed by atoms with Crippen molar-refractivity contribution in [3.63, 3.8) is 0 Å². The van der Waals surface area contributed by atoms with Crippen molar-refractivity contribution >= 4 is 23.4 Å². The minimum absolute atomic E-state index is 0.0947. The lowest BCUT2D eigenvalue weighted by molar-refractivity contribution is 0.0322. The van der Waals surface area contributed by atoms with Gasteiger partial charge in [0.25, 0.3) is 0 Å². The Bertz CT molecular complexity index is 987. The van der Waals surface area contributed by atoms with E-state index in [0.29, 0.717) is 13.1 Å². The Balaban J connectivity index is 1.43. The zero-order chi connectivity index (χ0) is 22.4. The summed E-state index contributed by atoms with van der Waals surface area (Å²) in [5, 5.41) is 7.50. The van der Waals surface area contributed by atoms with Crippen LogP contribution >= 0.6 is 11.8 Å². The molecule has 1 N–H and O–H groups in total. The summed E-state index contributed by atoms with van der Waals surface area (Å²) in [4.78, 5) is 10.2. The van der Waals surface area contributed by atoms with Gasteiger partial charge in [-0.1, -0.05) is 12.1 Å². The minimum atomic E-state index is -0.422. The lowest BCUT2D eigenvalue weighted by atomic mass is 9.82. The third-order valence-corrected chi connectivity index (χ3v) is 6.79. The molecule has 0 amide bonds. The summed E-state index contributed by atoms with van der Waals surface area (Å²) in [6, 6.07) is 9.92. The van der Waals surface area contributed by atoms with E-state index < -0.39 is 5.82 Å². The van der Waals surface area contributed by atoms with Crippen LogP contribution in [-0.2, 0) is 11.3 Å². The van der Waals surface area contributed by atoms with Gasteiger partial charge in [0.15, 0.2) is 11.6 Å². The number of benzene rings is 1. The van der Waals surface area contributed by atoms with Crippen LogP contribution in [0, 0.1) is 11.2 Å². The molecule has 0 unspecified atom stereocenters. The largest absolute Gasteiger partial charge is 0.381 e. The number of nitrogens with one attached hydrogen (secondary N) is 1. The first kappa shape index (κ1) is 22.5. The number of aromatic nitrogens is 4. The zero-order valence-corrected chi connectivity index (χ0v) is 19.3. The lowest BCUT2D eigenvalue weighted by Gasteiger charge is -2.37. The normalized spacial score (nSPS) is 15.5. The molecular formula is C23H29FN6OS. The molecule has 3 heterocycles. The van der Waals surface area contributed by atoms with Gasteiger partial charge in [-0.2, -0.15) is 21.3 Å². The Morgan fingerprint density at radius 1 is 1.22 bits per heavy atom.